The molecule has 0 unspecified atom stereocenters. The van der Waals surface area contributed by atoms with Crippen molar-refractivity contribution in [2.24, 2.45) is 0 Å². The van der Waals surface area contributed by atoms with Gasteiger partial charge in [-0.05, 0) is 56.7 Å². The number of halogens is 1. The average molecular weight is 471 g/mol. The summed E-state index contributed by atoms with van der Waals surface area (Å²) < 4.78 is 56.1. The number of para-hydroxylation sites is 1. The van der Waals surface area contributed by atoms with Crippen LogP contribution in [0.5, 0.6) is 0 Å². The van der Waals surface area contributed by atoms with Gasteiger partial charge in [0.2, 0.25) is 0 Å². The van der Waals surface area contributed by atoms with E-state index in [2.05, 4.69) is 9.44 Å². The van der Waals surface area contributed by atoms with Crippen LogP contribution in [0.2, 0.25) is 5.02 Å². The van der Waals surface area contributed by atoms with Gasteiger partial charge in [-0.3, -0.25) is 9.44 Å². The Morgan fingerprint density at radius 1 is 0.828 bits per heavy atom. The van der Waals surface area contributed by atoms with E-state index in [-0.39, 0.29) is 26.2 Å². The van der Waals surface area contributed by atoms with E-state index >= 15 is 0 Å². The highest BCUT2D eigenvalue weighted by Crippen LogP contribution is 2.29. The van der Waals surface area contributed by atoms with Gasteiger partial charge < -0.3 is 0 Å². The maximum absolute atomic E-state index is 12.9. The quantitative estimate of drug-likeness (QED) is 0.534. The summed E-state index contributed by atoms with van der Waals surface area (Å²) in [5.41, 5.74) is 0.859. The van der Waals surface area contributed by atoms with Crippen LogP contribution < -0.4 is 9.44 Å². The van der Waals surface area contributed by atoms with Gasteiger partial charge in [0, 0.05) is 9.75 Å². The van der Waals surface area contributed by atoms with Gasteiger partial charge in [0.15, 0.2) is 0 Å². The molecule has 6 nitrogen and oxygen atoms in total. The minimum atomic E-state index is -3.98. The van der Waals surface area contributed by atoms with Crippen molar-refractivity contribution in [2.45, 2.75) is 30.6 Å². The van der Waals surface area contributed by atoms with Crippen LogP contribution in [0.15, 0.2) is 58.3 Å². The van der Waals surface area contributed by atoms with Gasteiger partial charge in [-0.2, -0.15) is 0 Å². The van der Waals surface area contributed by atoms with E-state index in [9.17, 15) is 16.8 Å². The van der Waals surface area contributed by atoms with Crippen LogP contribution in [0, 0.1) is 20.8 Å². The Kier molecular flexibility index (Phi) is 5.96. The number of benzene rings is 2. The lowest BCUT2D eigenvalue weighted by atomic mass is 10.2. The Morgan fingerprint density at radius 2 is 1.48 bits per heavy atom. The molecule has 2 N–H and O–H groups in total. The Hall–Kier alpha value is -2.07. The smallest absolute Gasteiger partial charge is 0.262 e. The third kappa shape index (κ3) is 4.75. The molecule has 3 aromatic rings. The van der Waals surface area contributed by atoms with Crippen LogP contribution in [-0.4, -0.2) is 16.8 Å². The average Bonchev–Trinajstić information content (AvgIpc) is 2.97. The Balaban J connectivity index is 1.96. The molecule has 0 saturated carbocycles. The van der Waals surface area contributed by atoms with Crippen LogP contribution >= 0.6 is 22.9 Å². The Labute approximate surface area is 179 Å². The number of hydrogen-bond acceptors (Lipinski definition) is 5. The number of anilines is 2. The number of hydrogen-bond donors (Lipinski definition) is 2. The number of aryl methyl sites for hydroxylation is 3. The molecule has 0 fully saturated rings. The Morgan fingerprint density at radius 3 is 2.10 bits per heavy atom. The molecule has 1 aromatic heterocycles. The molecule has 0 aliphatic heterocycles. The van der Waals surface area contributed by atoms with Crippen LogP contribution in [0.4, 0.5) is 11.4 Å². The fourth-order valence-electron chi connectivity index (χ4n) is 2.78. The first-order chi connectivity index (χ1) is 13.5. The van der Waals surface area contributed by atoms with Crippen LogP contribution in [0.3, 0.4) is 0 Å². The lowest BCUT2D eigenvalue weighted by Crippen LogP contribution is -2.17. The van der Waals surface area contributed by atoms with Crippen molar-refractivity contribution < 1.29 is 16.8 Å². The summed E-state index contributed by atoms with van der Waals surface area (Å²) in [7, 11) is -7.82. The maximum Gasteiger partial charge on any atom is 0.262 e. The van der Waals surface area contributed by atoms with Gasteiger partial charge in [0.1, 0.15) is 4.90 Å². The molecule has 0 saturated heterocycles. The third-order valence-electron chi connectivity index (χ3n) is 4.13. The first-order valence-corrected chi connectivity index (χ1v) is 12.6. The van der Waals surface area contributed by atoms with Gasteiger partial charge in [-0.25, -0.2) is 16.8 Å². The highest BCUT2D eigenvalue weighted by atomic mass is 35.5. The van der Waals surface area contributed by atoms with E-state index in [1.165, 1.54) is 23.5 Å². The van der Waals surface area contributed by atoms with Crippen molar-refractivity contribution in [3.8, 4) is 0 Å². The van der Waals surface area contributed by atoms with Crippen LogP contribution in [0.25, 0.3) is 0 Å². The van der Waals surface area contributed by atoms with E-state index in [1.807, 2.05) is 6.92 Å². The molecule has 0 atom stereocenters. The predicted octanol–water partition coefficient (Wildman–Crippen LogP) is 4.93. The highest BCUT2D eigenvalue weighted by Gasteiger charge is 2.22. The second-order valence-corrected chi connectivity index (χ2v) is 11.6. The summed E-state index contributed by atoms with van der Waals surface area (Å²) in [6.07, 6.45) is 0. The summed E-state index contributed by atoms with van der Waals surface area (Å²) in [6, 6.07) is 12.4. The fourth-order valence-corrected chi connectivity index (χ4v) is 6.98. The van der Waals surface area contributed by atoms with E-state index < -0.39 is 20.0 Å². The second kappa shape index (κ2) is 7.98. The molecule has 0 spiro atoms. The number of rotatable bonds is 6. The standard InChI is InChI=1S/C19H19ClN2O4S3/c1-12-8-9-15(21-29(25,26)19-10-13(2)27-14(19)3)11-18(12)28(23,24)22-17-7-5-4-6-16(17)20/h4-11,21-22H,1-3H3. The second-order valence-electron chi connectivity index (χ2n) is 6.45. The number of sulfonamides is 2. The third-order valence-corrected chi connectivity index (χ3v) is 8.57. The normalized spacial score (nSPS) is 12.0. The summed E-state index contributed by atoms with van der Waals surface area (Å²) in [5.74, 6) is 0. The van der Waals surface area contributed by atoms with Crippen molar-refractivity contribution in [3.05, 3.63) is 68.9 Å². The molecular weight excluding hydrogens is 452 g/mol. The van der Waals surface area contributed by atoms with E-state index in [4.69, 9.17) is 11.6 Å². The predicted molar refractivity (Wildman–Crippen MR) is 118 cm³/mol. The Bertz CT molecular complexity index is 1280. The summed E-state index contributed by atoms with van der Waals surface area (Å²) in [4.78, 5) is 1.67. The minimum absolute atomic E-state index is 0.0455. The monoisotopic (exact) mass is 470 g/mol. The van der Waals surface area contributed by atoms with Crippen LogP contribution in [0.1, 0.15) is 15.3 Å². The summed E-state index contributed by atoms with van der Waals surface area (Å²) in [6.45, 7) is 5.18. The molecule has 0 aliphatic carbocycles. The fraction of sp³-hybridized carbons (Fsp3) is 0.158. The lowest BCUT2D eigenvalue weighted by Gasteiger charge is -2.14. The van der Waals surface area contributed by atoms with E-state index in [0.717, 1.165) is 4.88 Å². The summed E-state index contributed by atoms with van der Waals surface area (Å²) >= 11 is 7.42. The van der Waals surface area contributed by atoms with Crippen molar-refractivity contribution in [2.75, 3.05) is 9.44 Å². The molecule has 0 amide bonds. The number of nitrogens with one attached hydrogen (secondary N) is 2. The lowest BCUT2D eigenvalue weighted by molar-refractivity contribution is 0.598. The zero-order valence-electron chi connectivity index (χ0n) is 15.9. The van der Waals surface area contributed by atoms with E-state index in [0.29, 0.717) is 10.4 Å². The maximum atomic E-state index is 12.9. The first-order valence-electron chi connectivity index (χ1n) is 8.47. The molecule has 3 rings (SSSR count). The van der Waals surface area contributed by atoms with Crippen molar-refractivity contribution in [3.63, 3.8) is 0 Å². The van der Waals surface area contributed by atoms with Gasteiger partial charge in [-0.15, -0.1) is 11.3 Å². The van der Waals surface area contributed by atoms with Crippen LogP contribution in [-0.2, 0) is 20.0 Å². The van der Waals surface area contributed by atoms with Gasteiger partial charge in [-0.1, -0.05) is 29.8 Å². The molecule has 154 valence electrons. The molecule has 29 heavy (non-hydrogen) atoms. The molecule has 1 heterocycles. The zero-order valence-corrected chi connectivity index (χ0v) is 19.1. The van der Waals surface area contributed by atoms with Gasteiger partial charge >= 0.3 is 0 Å². The largest absolute Gasteiger partial charge is 0.280 e. The highest BCUT2D eigenvalue weighted by molar-refractivity contribution is 7.93. The van der Waals surface area contributed by atoms with Gasteiger partial charge in [0.05, 0.1) is 21.3 Å². The summed E-state index contributed by atoms with van der Waals surface area (Å²) in [5, 5.41) is 0.258. The SMILES string of the molecule is Cc1cc(S(=O)(=O)Nc2ccc(C)c(S(=O)(=O)Nc3ccccc3Cl)c2)c(C)s1. The molecule has 2 aromatic carbocycles. The van der Waals surface area contributed by atoms with Crippen molar-refractivity contribution in [1.29, 1.82) is 0 Å². The molecular formula is C19H19ClN2O4S3. The topological polar surface area (TPSA) is 92.3 Å². The van der Waals surface area contributed by atoms with Crippen molar-refractivity contribution in [1.82, 2.24) is 0 Å². The first kappa shape index (κ1) is 21.6. The number of thiophene rings is 1. The van der Waals surface area contributed by atoms with E-state index in [1.54, 1.807) is 50.2 Å². The zero-order chi connectivity index (χ0) is 21.4. The minimum Gasteiger partial charge on any atom is -0.280 e. The van der Waals surface area contributed by atoms with Crippen molar-refractivity contribution >= 4 is 54.4 Å². The molecule has 0 aliphatic rings. The van der Waals surface area contributed by atoms with Gasteiger partial charge in [0.25, 0.3) is 20.0 Å². The molecule has 0 radical (unpaired) electrons. The molecule has 10 heteroatoms. The molecule has 0 bridgehead atoms.